The van der Waals surface area contributed by atoms with Gasteiger partial charge in [-0.25, -0.2) is 4.79 Å². The highest BCUT2D eigenvalue weighted by Gasteiger charge is 2.20. The molecule has 0 aliphatic carbocycles. The molecule has 1 saturated heterocycles. The van der Waals surface area contributed by atoms with Crippen molar-refractivity contribution in [3.05, 3.63) is 12.7 Å². The van der Waals surface area contributed by atoms with Crippen molar-refractivity contribution in [3.63, 3.8) is 0 Å². The number of aliphatic hydroxyl groups excluding tert-OH is 1. The van der Waals surface area contributed by atoms with Crippen molar-refractivity contribution in [3.8, 4) is 0 Å². The van der Waals surface area contributed by atoms with Gasteiger partial charge in [0.25, 0.3) is 0 Å². The third-order valence-corrected chi connectivity index (χ3v) is 2.87. The van der Waals surface area contributed by atoms with Gasteiger partial charge < -0.3 is 14.9 Å². The molecule has 16 heavy (non-hydrogen) atoms. The van der Waals surface area contributed by atoms with Crippen molar-refractivity contribution in [1.82, 2.24) is 9.80 Å². The van der Waals surface area contributed by atoms with Gasteiger partial charge in [0.05, 0.1) is 6.61 Å². The van der Waals surface area contributed by atoms with E-state index in [2.05, 4.69) is 6.58 Å². The first-order valence-electron chi connectivity index (χ1n) is 6.05. The summed E-state index contributed by atoms with van der Waals surface area (Å²) in [7, 11) is 0. The van der Waals surface area contributed by atoms with Crippen LogP contribution in [0, 0.1) is 0 Å². The van der Waals surface area contributed by atoms with Gasteiger partial charge >= 0.3 is 6.03 Å². The quantitative estimate of drug-likeness (QED) is 0.738. The third kappa shape index (κ3) is 3.85. The maximum Gasteiger partial charge on any atom is 0.320 e. The average Bonchev–Trinajstić information content (AvgIpc) is 2.56. The van der Waals surface area contributed by atoms with Crippen molar-refractivity contribution in [1.29, 1.82) is 0 Å². The minimum atomic E-state index is 0.00736. The van der Waals surface area contributed by atoms with E-state index in [1.165, 1.54) is 12.8 Å². The zero-order valence-corrected chi connectivity index (χ0v) is 9.90. The fourth-order valence-electron chi connectivity index (χ4n) is 2.00. The summed E-state index contributed by atoms with van der Waals surface area (Å²) in [6, 6.07) is 0.0378. The van der Waals surface area contributed by atoms with Gasteiger partial charge in [-0.1, -0.05) is 18.9 Å². The Labute approximate surface area is 97.5 Å². The number of nitrogens with zero attached hydrogens (tertiary/aromatic N) is 2. The van der Waals surface area contributed by atoms with Crippen LogP contribution in [0.25, 0.3) is 0 Å². The van der Waals surface area contributed by atoms with E-state index in [1.807, 2.05) is 4.90 Å². The van der Waals surface area contributed by atoms with Gasteiger partial charge in [-0.05, 0) is 12.8 Å². The Bertz CT molecular complexity index is 223. The predicted octanol–water partition coefficient (Wildman–Crippen LogP) is 1.46. The fourth-order valence-corrected chi connectivity index (χ4v) is 2.00. The van der Waals surface area contributed by atoms with Crippen LogP contribution in [-0.2, 0) is 0 Å². The van der Waals surface area contributed by atoms with Crippen LogP contribution in [-0.4, -0.2) is 53.7 Å². The van der Waals surface area contributed by atoms with E-state index in [0.717, 1.165) is 25.9 Å². The first kappa shape index (κ1) is 13.0. The molecular weight excluding hydrogens is 204 g/mol. The number of hydrogen-bond acceptors (Lipinski definition) is 2. The van der Waals surface area contributed by atoms with E-state index in [0.29, 0.717) is 13.1 Å². The number of urea groups is 1. The number of hydrogen-bond donors (Lipinski definition) is 1. The normalized spacial score (nSPS) is 16.7. The number of carbonyl (C=O) groups is 1. The average molecular weight is 226 g/mol. The molecule has 92 valence electrons. The second-order valence-electron chi connectivity index (χ2n) is 4.14. The Kier molecular flexibility index (Phi) is 5.93. The molecule has 4 heteroatoms. The number of carbonyl (C=O) groups excluding carboxylic acids is 1. The number of amides is 2. The zero-order chi connectivity index (χ0) is 11.8. The van der Waals surface area contributed by atoms with Gasteiger partial charge in [0.1, 0.15) is 0 Å². The Morgan fingerprint density at radius 2 is 1.94 bits per heavy atom. The first-order valence-corrected chi connectivity index (χ1v) is 6.05. The smallest absolute Gasteiger partial charge is 0.320 e. The van der Waals surface area contributed by atoms with Crippen LogP contribution in [0.15, 0.2) is 12.7 Å². The summed E-state index contributed by atoms with van der Waals surface area (Å²) in [4.78, 5) is 15.7. The summed E-state index contributed by atoms with van der Waals surface area (Å²) in [5.41, 5.74) is 0. The molecule has 0 radical (unpaired) electrons. The number of likely N-dealkylation sites (tertiary alicyclic amines) is 1. The molecule has 0 bridgehead atoms. The molecule has 0 aromatic rings. The molecular formula is C12H22N2O2. The molecule has 1 fully saturated rings. The molecule has 0 saturated carbocycles. The van der Waals surface area contributed by atoms with Gasteiger partial charge in [0.2, 0.25) is 0 Å². The lowest BCUT2D eigenvalue weighted by atomic mass is 10.2. The highest BCUT2D eigenvalue weighted by molar-refractivity contribution is 5.74. The molecule has 0 atom stereocenters. The standard InChI is InChI=1S/C12H22N2O2/c1-2-7-13(10-11-15)12(16)14-8-5-3-4-6-9-14/h2,15H,1,3-11H2. The van der Waals surface area contributed by atoms with E-state index in [9.17, 15) is 4.79 Å². The highest BCUT2D eigenvalue weighted by atomic mass is 16.3. The van der Waals surface area contributed by atoms with Crippen LogP contribution in [0.1, 0.15) is 25.7 Å². The Morgan fingerprint density at radius 1 is 1.31 bits per heavy atom. The lowest BCUT2D eigenvalue weighted by Crippen LogP contribution is -2.44. The van der Waals surface area contributed by atoms with E-state index in [1.54, 1.807) is 11.0 Å². The van der Waals surface area contributed by atoms with E-state index < -0.39 is 0 Å². The van der Waals surface area contributed by atoms with E-state index >= 15 is 0 Å². The van der Waals surface area contributed by atoms with Crippen LogP contribution in [0.2, 0.25) is 0 Å². The summed E-state index contributed by atoms with van der Waals surface area (Å²) in [5, 5.41) is 8.92. The molecule has 1 N–H and O–H groups in total. The van der Waals surface area contributed by atoms with Crippen LogP contribution in [0.4, 0.5) is 4.79 Å². The van der Waals surface area contributed by atoms with Crippen molar-refractivity contribution >= 4 is 6.03 Å². The summed E-state index contributed by atoms with van der Waals surface area (Å²) < 4.78 is 0. The zero-order valence-electron chi connectivity index (χ0n) is 9.90. The maximum atomic E-state index is 12.1. The van der Waals surface area contributed by atoms with Crippen LogP contribution < -0.4 is 0 Å². The van der Waals surface area contributed by atoms with Crippen molar-refractivity contribution in [2.45, 2.75) is 25.7 Å². The van der Waals surface area contributed by atoms with Crippen LogP contribution >= 0.6 is 0 Å². The molecule has 4 nitrogen and oxygen atoms in total. The van der Waals surface area contributed by atoms with Gasteiger partial charge in [-0.15, -0.1) is 6.58 Å². The van der Waals surface area contributed by atoms with Gasteiger partial charge in [-0.3, -0.25) is 0 Å². The van der Waals surface area contributed by atoms with Crippen molar-refractivity contribution < 1.29 is 9.90 Å². The molecule has 1 heterocycles. The topological polar surface area (TPSA) is 43.8 Å². The molecule has 1 rings (SSSR count). The molecule has 0 spiro atoms. The highest BCUT2D eigenvalue weighted by Crippen LogP contribution is 2.11. The van der Waals surface area contributed by atoms with Crippen LogP contribution in [0.3, 0.4) is 0 Å². The lowest BCUT2D eigenvalue weighted by Gasteiger charge is -2.28. The number of rotatable bonds is 4. The van der Waals surface area contributed by atoms with Crippen molar-refractivity contribution in [2.75, 3.05) is 32.8 Å². The van der Waals surface area contributed by atoms with Gasteiger partial charge in [-0.2, -0.15) is 0 Å². The van der Waals surface area contributed by atoms with Gasteiger partial charge in [0, 0.05) is 26.2 Å². The first-order chi connectivity index (χ1) is 7.79. The molecule has 0 unspecified atom stereocenters. The summed E-state index contributed by atoms with van der Waals surface area (Å²) in [5.74, 6) is 0. The molecule has 1 aliphatic heterocycles. The van der Waals surface area contributed by atoms with Crippen LogP contribution in [0.5, 0.6) is 0 Å². The largest absolute Gasteiger partial charge is 0.395 e. The number of aliphatic hydroxyl groups is 1. The molecule has 1 aliphatic rings. The van der Waals surface area contributed by atoms with E-state index in [4.69, 9.17) is 5.11 Å². The monoisotopic (exact) mass is 226 g/mol. The minimum absolute atomic E-state index is 0.00736. The minimum Gasteiger partial charge on any atom is -0.395 e. The van der Waals surface area contributed by atoms with Gasteiger partial charge in [0.15, 0.2) is 0 Å². The Balaban J connectivity index is 2.53. The molecule has 0 aromatic heterocycles. The lowest BCUT2D eigenvalue weighted by molar-refractivity contribution is 0.146. The molecule has 0 aromatic carbocycles. The summed E-state index contributed by atoms with van der Waals surface area (Å²) >= 11 is 0. The second kappa shape index (κ2) is 7.28. The second-order valence-corrected chi connectivity index (χ2v) is 4.14. The SMILES string of the molecule is C=CCN(CCO)C(=O)N1CCCCCC1. The Morgan fingerprint density at radius 3 is 2.44 bits per heavy atom. The summed E-state index contributed by atoms with van der Waals surface area (Å²) in [6.07, 6.45) is 6.31. The van der Waals surface area contributed by atoms with Crippen molar-refractivity contribution in [2.24, 2.45) is 0 Å². The predicted molar refractivity (Wildman–Crippen MR) is 64.3 cm³/mol. The molecule has 2 amide bonds. The third-order valence-electron chi connectivity index (χ3n) is 2.87. The Hall–Kier alpha value is -1.03. The van der Waals surface area contributed by atoms with E-state index in [-0.39, 0.29) is 12.6 Å². The summed E-state index contributed by atoms with van der Waals surface area (Å²) in [6.45, 7) is 6.23. The fraction of sp³-hybridized carbons (Fsp3) is 0.750. The maximum absolute atomic E-state index is 12.1.